The molecule has 0 aromatic rings. The van der Waals surface area contributed by atoms with Crippen LogP contribution < -0.4 is 0 Å². The number of nitrogens with zero attached hydrogens (tertiary/aromatic N) is 2. The predicted molar refractivity (Wildman–Crippen MR) is 70.4 cm³/mol. The second-order valence-corrected chi connectivity index (χ2v) is 4.37. The summed E-state index contributed by atoms with van der Waals surface area (Å²) in [5, 5.41) is 16.4. The molecule has 8 nitrogen and oxygen atoms in total. The van der Waals surface area contributed by atoms with Crippen LogP contribution in [-0.2, 0) is 28.5 Å². The summed E-state index contributed by atoms with van der Waals surface area (Å²) in [4.78, 5) is 24.0. The summed E-state index contributed by atoms with van der Waals surface area (Å²) in [6.07, 6.45) is 7.31. The van der Waals surface area contributed by atoms with E-state index in [-0.39, 0.29) is 26.4 Å². The maximum atomic E-state index is 12.0. The van der Waals surface area contributed by atoms with Crippen molar-refractivity contribution in [3.63, 3.8) is 0 Å². The van der Waals surface area contributed by atoms with E-state index < -0.39 is 23.8 Å². The van der Waals surface area contributed by atoms with Crippen LogP contribution in [0.1, 0.15) is 12.8 Å². The summed E-state index contributed by atoms with van der Waals surface area (Å²) in [5.41, 5.74) is 0. The minimum Gasteiger partial charge on any atom is -0.462 e. The molecule has 2 unspecified atom stereocenters. The monoisotopic (exact) mass is 308 g/mol. The standard InChI is InChI=1S/C14H16N2O6/c15-9-19-5-7-21-13(17)11-3-1-2-4-12(11)14(18)22-8-6-20-10-16/h1-2,11-12H,3-8H2. The van der Waals surface area contributed by atoms with Gasteiger partial charge in [0.25, 0.3) is 12.5 Å². The van der Waals surface area contributed by atoms with Crippen molar-refractivity contribution in [2.45, 2.75) is 12.8 Å². The van der Waals surface area contributed by atoms with E-state index in [1.165, 1.54) is 12.5 Å². The molecule has 0 saturated carbocycles. The van der Waals surface area contributed by atoms with Crippen LogP contribution in [0.4, 0.5) is 0 Å². The van der Waals surface area contributed by atoms with E-state index >= 15 is 0 Å². The van der Waals surface area contributed by atoms with Gasteiger partial charge in [-0.1, -0.05) is 12.2 Å². The van der Waals surface area contributed by atoms with E-state index in [2.05, 4.69) is 9.47 Å². The fourth-order valence-electron chi connectivity index (χ4n) is 2.01. The first kappa shape index (κ1) is 17.3. The third kappa shape index (κ3) is 5.71. The first-order chi connectivity index (χ1) is 10.7. The second-order valence-electron chi connectivity index (χ2n) is 4.37. The fourth-order valence-corrected chi connectivity index (χ4v) is 2.01. The number of esters is 2. The second kappa shape index (κ2) is 10.1. The van der Waals surface area contributed by atoms with Crippen molar-refractivity contribution in [2.24, 2.45) is 11.8 Å². The Bertz CT molecular complexity index is 447. The Morgan fingerprint density at radius 2 is 1.27 bits per heavy atom. The Balaban J connectivity index is 2.47. The third-order valence-electron chi connectivity index (χ3n) is 3.03. The number of hydrogen-bond donors (Lipinski definition) is 0. The average Bonchev–Trinajstić information content (AvgIpc) is 2.55. The molecule has 0 heterocycles. The summed E-state index contributed by atoms with van der Waals surface area (Å²) in [6.45, 7) is -0.147. The van der Waals surface area contributed by atoms with Crippen molar-refractivity contribution in [1.29, 1.82) is 10.5 Å². The summed E-state index contributed by atoms with van der Waals surface area (Å²) in [7, 11) is 0. The lowest BCUT2D eigenvalue weighted by molar-refractivity contribution is -0.162. The molecule has 0 spiro atoms. The minimum absolute atomic E-state index is 0.0224. The molecule has 0 N–H and O–H groups in total. The Kier molecular flexibility index (Phi) is 7.91. The Morgan fingerprint density at radius 3 is 1.64 bits per heavy atom. The average molecular weight is 308 g/mol. The highest BCUT2D eigenvalue weighted by Crippen LogP contribution is 2.28. The summed E-state index contributed by atoms with van der Waals surface area (Å²) >= 11 is 0. The van der Waals surface area contributed by atoms with E-state index in [1.807, 2.05) is 0 Å². The Labute approximate surface area is 127 Å². The number of hydrogen-bond acceptors (Lipinski definition) is 8. The van der Waals surface area contributed by atoms with Crippen LogP contribution in [0.15, 0.2) is 12.2 Å². The van der Waals surface area contributed by atoms with Crippen molar-refractivity contribution in [3.05, 3.63) is 12.2 Å². The van der Waals surface area contributed by atoms with Gasteiger partial charge in [-0.3, -0.25) is 9.59 Å². The number of ether oxygens (including phenoxy) is 4. The van der Waals surface area contributed by atoms with Gasteiger partial charge in [0, 0.05) is 0 Å². The third-order valence-corrected chi connectivity index (χ3v) is 3.03. The van der Waals surface area contributed by atoms with Crippen LogP contribution in [-0.4, -0.2) is 38.4 Å². The number of allylic oxidation sites excluding steroid dienone is 2. The quantitative estimate of drug-likeness (QED) is 0.277. The zero-order chi connectivity index (χ0) is 16.2. The van der Waals surface area contributed by atoms with Gasteiger partial charge in [0.15, 0.2) is 0 Å². The van der Waals surface area contributed by atoms with E-state index in [9.17, 15) is 9.59 Å². The van der Waals surface area contributed by atoms with Crippen molar-refractivity contribution < 1.29 is 28.5 Å². The van der Waals surface area contributed by atoms with Crippen LogP contribution >= 0.6 is 0 Å². The minimum atomic E-state index is -0.628. The number of rotatable bonds is 8. The normalized spacial score (nSPS) is 19.4. The van der Waals surface area contributed by atoms with Gasteiger partial charge in [0.05, 0.1) is 11.8 Å². The zero-order valence-corrected chi connectivity index (χ0v) is 11.9. The van der Waals surface area contributed by atoms with Crippen molar-refractivity contribution in [3.8, 4) is 12.5 Å². The molecule has 0 saturated heterocycles. The van der Waals surface area contributed by atoms with Gasteiger partial charge < -0.3 is 18.9 Å². The first-order valence-corrected chi connectivity index (χ1v) is 6.70. The molecule has 1 rings (SSSR count). The maximum absolute atomic E-state index is 12.0. The van der Waals surface area contributed by atoms with Crippen molar-refractivity contribution in [2.75, 3.05) is 26.4 Å². The van der Waals surface area contributed by atoms with E-state index in [4.69, 9.17) is 20.0 Å². The first-order valence-electron chi connectivity index (χ1n) is 6.70. The van der Waals surface area contributed by atoms with Gasteiger partial charge in [-0.2, -0.15) is 10.5 Å². The van der Waals surface area contributed by atoms with Gasteiger partial charge >= 0.3 is 11.9 Å². The molecule has 22 heavy (non-hydrogen) atoms. The molecule has 0 amide bonds. The largest absolute Gasteiger partial charge is 0.462 e. The Hall–Kier alpha value is -2.74. The molecule has 0 aliphatic heterocycles. The van der Waals surface area contributed by atoms with Gasteiger partial charge in [-0.15, -0.1) is 0 Å². The Morgan fingerprint density at radius 1 is 0.864 bits per heavy atom. The lowest BCUT2D eigenvalue weighted by Crippen LogP contribution is -2.34. The molecule has 0 aromatic heterocycles. The molecule has 8 heteroatoms. The highest BCUT2D eigenvalue weighted by atomic mass is 16.6. The van der Waals surface area contributed by atoms with Crippen LogP contribution in [0.5, 0.6) is 0 Å². The van der Waals surface area contributed by atoms with Gasteiger partial charge in [0.1, 0.15) is 26.4 Å². The van der Waals surface area contributed by atoms with Gasteiger partial charge in [0.2, 0.25) is 0 Å². The van der Waals surface area contributed by atoms with Crippen molar-refractivity contribution >= 4 is 11.9 Å². The molecular weight excluding hydrogens is 292 g/mol. The van der Waals surface area contributed by atoms with Crippen LogP contribution in [0, 0.1) is 34.9 Å². The summed E-state index contributed by atoms with van der Waals surface area (Å²) in [6, 6.07) is 0. The molecule has 1 aliphatic rings. The molecule has 118 valence electrons. The predicted octanol–water partition coefficient (Wildman–Crippen LogP) is 0.651. The van der Waals surface area contributed by atoms with Gasteiger partial charge in [-0.25, -0.2) is 0 Å². The van der Waals surface area contributed by atoms with Gasteiger partial charge in [-0.05, 0) is 12.8 Å². The van der Waals surface area contributed by atoms with E-state index in [0.29, 0.717) is 12.8 Å². The lowest BCUT2D eigenvalue weighted by Gasteiger charge is -2.25. The summed E-state index contributed by atoms with van der Waals surface area (Å²) in [5.74, 6) is -2.31. The molecular formula is C14H16N2O6. The maximum Gasteiger partial charge on any atom is 0.310 e. The molecule has 2 atom stereocenters. The molecule has 0 radical (unpaired) electrons. The lowest BCUT2D eigenvalue weighted by atomic mass is 9.83. The van der Waals surface area contributed by atoms with E-state index in [1.54, 1.807) is 12.2 Å². The zero-order valence-electron chi connectivity index (χ0n) is 11.9. The SMILES string of the molecule is N#COCCOC(=O)C1CC=CCC1C(=O)OCCOC#N. The number of carbonyl (C=O) groups excluding carboxylic acids is 2. The topological polar surface area (TPSA) is 119 Å². The molecule has 1 aliphatic carbocycles. The van der Waals surface area contributed by atoms with E-state index in [0.717, 1.165) is 0 Å². The highest BCUT2D eigenvalue weighted by molar-refractivity contribution is 5.82. The summed E-state index contributed by atoms with van der Waals surface area (Å²) < 4.78 is 18.8. The number of carbonyl (C=O) groups is 2. The van der Waals surface area contributed by atoms with Crippen LogP contribution in [0.25, 0.3) is 0 Å². The number of nitriles is 2. The fraction of sp³-hybridized carbons (Fsp3) is 0.571. The van der Waals surface area contributed by atoms with Crippen LogP contribution in [0.3, 0.4) is 0 Å². The molecule has 0 fully saturated rings. The van der Waals surface area contributed by atoms with Crippen LogP contribution in [0.2, 0.25) is 0 Å². The highest BCUT2D eigenvalue weighted by Gasteiger charge is 2.36. The smallest absolute Gasteiger partial charge is 0.310 e. The molecule has 0 bridgehead atoms. The van der Waals surface area contributed by atoms with Crippen molar-refractivity contribution in [1.82, 2.24) is 0 Å². The molecule has 0 aromatic carbocycles.